The van der Waals surface area contributed by atoms with Gasteiger partial charge >= 0.3 is 0 Å². The van der Waals surface area contributed by atoms with Crippen LogP contribution in [-0.2, 0) is 11.3 Å². The highest BCUT2D eigenvalue weighted by molar-refractivity contribution is 5.92. The third-order valence-corrected chi connectivity index (χ3v) is 4.97. The van der Waals surface area contributed by atoms with Crippen LogP contribution in [0.25, 0.3) is 16.7 Å². The van der Waals surface area contributed by atoms with Gasteiger partial charge in [0, 0.05) is 13.0 Å². The average molecular weight is 435 g/mol. The van der Waals surface area contributed by atoms with Gasteiger partial charge in [-0.25, -0.2) is 14.1 Å². The second-order valence-corrected chi connectivity index (χ2v) is 7.11. The van der Waals surface area contributed by atoms with Crippen LogP contribution in [0.15, 0.2) is 59.5 Å². The highest BCUT2D eigenvalue weighted by Crippen LogP contribution is 2.23. The molecule has 0 aliphatic heterocycles. The minimum atomic E-state index is -0.362. The van der Waals surface area contributed by atoms with Crippen LogP contribution in [-0.4, -0.2) is 31.8 Å². The first kappa shape index (κ1) is 21.2. The molecule has 2 heterocycles. The Morgan fingerprint density at radius 1 is 1.16 bits per heavy atom. The maximum absolute atomic E-state index is 13.2. The fourth-order valence-corrected chi connectivity index (χ4v) is 3.42. The number of hydrogen-bond donors (Lipinski definition) is 1. The van der Waals surface area contributed by atoms with Gasteiger partial charge < -0.3 is 10.1 Å². The SMILES string of the molecule is CCOc1ccccc1NC(=O)CCn1c(C)nc2c(cnn2-c2ccc(F)cc2)c1=O. The molecule has 0 saturated carbocycles. The number of fused-ring (bicyclic) bond motifs is 1. The van der Waals surface area contributed by atoms with Crippen molar-refractivity contribution in [3.8, 4) is 11.4 Å². The van der Waals surface area contributed by atoms with Crippen molar-refractivity contribution in [2.75, 3.05) is 11.9 Å². The number of ether oxygens (including phenoxy) is 1. The highest BCUT2D eigenvalue weighted by atomic mass is 19.1. The Labute approximate surface area is 183 Å². The van der Waals surface area contributed by atoms with E-state index < -0.39 is 0 Å². The van der Waals surface area contributed by atoms with Crippen LogP contribution in [0.5, 0.6) is 5.75 Å². The molecule has 164 valence electrons. The first-order chi connectivity index (χ1) is 15.5. The molecule has 4 rings (SSSR count). The first-order valence-electron chi connectivity index (χ1n) is 10.2. The maximum Gasteiger partial charge on any atom is 0.264 e. The number of carbonyl (C=O) groups is 1. The highest BCUT2D eigenvalue weighted by Gasteiger charge is 2.15. The number of nitrogens with zero attached hydrogens (tertiary/aromatic N) is 4. The van der Waals surface area contributed by atoms with Gasteiger partial charge in [-0.2, -0.15) is 5.10 Å². The standard InChI is InChI=1S/C23H22FN5O3/c1-3-32-20-7-5-4-6-19(20)27-21(30)12-13-28-15(2)26-22-18(23(28)31)14-25-29(22)17-10-8-16(24)9-11-17/h4-11,14H,3,12-13H2,1-2H3,(H,27,30). The summed E-state index contributed by atoms with van der Waals surface area (Å²) in [6, 6.07) is 12.9. The van der Waals surface area contributed by atoms with E-state index >= 15 is 0 Å². The number of hydrogen-bond acceptors (Lipinski definition) is 5. The van der Waals surface area contributed by atoms with Crippen LogP contribution >= 0.6 is 0 Å². The molecule has 0 spiro atoms. The number of aromatic nitrogens is 4. The Morgan fingerprint density at radius 2 is 1.91 bits per heavy atom. The molecule has 0 saturated heterocycles. The van der Waals surface area contributed by atoms with Crippen LogP contribution in [0.3, 0.4) is 0 Å². The maximum atomic E-state index is 13.2. The van der Waals surface area contributed by atoms with Crippen molar-refractivity contribution in [2.45, 2.75) is 26.8 Å². The molecule has 8 nitrogen and oxygen atoms in total. The summed E-state index contributed by atoms with van der Waals surface area (Å²) in [5.74, 6) is 0.436. The molecule has 0 aliphatic carbocycles. The molecule has 0 aliphatic rings. The van der Waals surface area contributed by atoms with E-state index in [0.29, 0.717) is 40.6 Å². The minimum Gasteiger partial charge on any atom is -0.492 e. The van der Waals surface area contributed by atoms with Crippen LogP contribution in [0.2, 0.25) is 0 Å². The van der Waals surface area contributed by atoms with Gasteiger partial charge in [-0.1, -0.05) is 12.1 Å². The van der Waals surface area contributed by atoms with E-state index in [1.165, 1.54) is 27.6 Å². The number of benzene rings is 2. The van der Waals surface area contributed by atoms with E-state index in [-0.39, 0.29) is 30.2 Å². The van der Waals surface area contributed by atoms with Crippen molar-refractivity contribution >= 4 is 22.6 Å². The van der Waals surface area contributed by atoms with Crippen molar-refractivity contribution in [2.24, 2.45) is 0 Å². The number of para-hydroxylation sites is 2. The van der Waals surface area contributed by atoms with Crippen LogP contribution in [0.4, 0.5) is 10.1 Å². The Balaban J connectivity index is 1.55. The zero-order chi connectivity index (χ0) is 22.7. The quantitative estimate of drug-likeness (QED) is 0.480. The van der Waals surface area contributed by atoms with E-state index in [1.807, 2.05) is 19.1 Å². The number of aryl methyl sites for hydroxylation is 1. The summed E-state index contributed by atoms with van der Waals surface area (Å²) in [5, 5.41) is 7.39. The van der Waals surface area contributed by atoms with Crippen LogP contribution < -0.4 is 15.6 Å². The van der Waals surface area contributed by atoms with Crippen molar-refractivity contribution in [1.29, 1.82) is 0 Å². The lowest BCUT2D eigenvalue weighted by molar-refractivity contribution is -0.116. The van der Waals surface area contributed by atoms with E-state index in [9.17, 15) is 14.0 Å². The van der Waals surface area contributed by atoms with Gasteiger partial charge in [0.1, 0.15) is 22.8 Å². The van der Waals surface area contributed by atoms with Crippen molar-refractivity contribution in [3.63, 3.8) is 0 Å². The van der Waals surface area contributed by atoms with Gasteiger partial charge in [-0.05, 0) is 50.2 Å². The normalized spacial score (nSPS) is 11.0. The smallest absolute Gasteiger partial charge is 0.264 e. The predicted octanol–water partition coefficient (Wildman–Crippen LogP) is 3.46. The molecule has 2 aromatic carbocycles. The lowest BCUT2D eigenvalue weighted by atomic mass is 10.2. The molecule has 0 radical (unpaired) electrons. The minimum absolute atomic E-state index is 0.0838. The van der Waals surface area contributed by atoms with Gasteiger partial charge in [0.2, 0.25) is 5.91 Å². The summed E-state index contributed by atoms with van der Waals surface area (Å²) in [5.41, 5.74) is 1.27. The third kappa shape index (κ3) is 4.22. The molecule has 0 atom stereocenters. The molecule has 2 aromatic heterocycles. The van der Waals surface area contributed by atoms with Gasteiger partial charge in [-0.15, -0.1) is 0 Å². The number of halogens is 1. The molecule has 4 aromatic rings. The van der Waals surface area contributed by atoms with E-state index in [1.54, 1.807) is 31.2 Å². The lowest BCUT2D eigenvalue weighted by Crippen LogP contribution is -2.26. The summed E-state index contributed by atoms with van der Waals surface area (Å²) in [6.45, 7) is 4.22. The van der Waals surface area contributed by atoms with Crippen LogP contribution in [0, 0.1) is 12.7 Å². The molecule has 9 heteroatoms. The topological polar surface area (TPSA) is 91.0 Å². The number of nitrogens with one attached hydrogen (secondary N) is 1. The lowest BCUT2D eigenvalue weighted by Gasteiger charge is -2.13. The van der Waals surface area contributed by atoms with E-state index in [2.05, 4.69) is 15.4 Å². The average Bonchev–Trinajstić information content (AvgIpc) is 3.19. The molecule has 32 heavy (non-hydrogen) atoms. The van der Waals surface area contributed by atoms with Crippen LogP contribution in [0.1, 0.15) is 19.2 Å². The third-order valence-electron chi connectivity index (χ3n) is 4.97. The molecular formula is C23H22FN5O3. The summed E-state index contributed by atoms with van der Waals surface area (Å²) in [7, 11) is 0. The van der Waals surface area contributed by atoms with Crippen molar-refractivity contribution in [3.05, 3.63) is 76.7 Å². The van der Waals surface area contributed by atoms with Crippen molar-refractivity contribution < 1.29 is 13.9 Å². The predicted molar refractivity (Wildman–Crippen MR) is 119 cm³/mol. The van der Waals surface area contributed by atoms with Crippen molar-refractivity contribution in [1.82, 2.24) is 19.3 Å². The Bertz CT molecular complexity index is 1330. The number of carbonyl (C=O) groups excluding carboxylic acids is 1. The second-order valence-electron chi connectivity index (χ2n) is 7.11. The van der Waals surface area contributed by atoms with Gasteiger partial charge in [0.15, 0.2) is 5.65 Å². The van der Waals surface area contributed by atoms with Gasteiger partial charge in [-0.3, -0.25) is 14.2 Å². The fourth-order valence-electron chi connectivity index (χ4n) is 3.42. The molecule has 1 amide bonds. The number of amides is 1. The molecule has 0 unspecified atom stereocenters. The van der Waals surface area contributed by atoms with Gasteiger partial charge in [0.25, 0.3) is 5.56 Å². The Kier molecular flexibility index (Phi) is 5.98. The Morgan fingerprint density at radius 3 is 2.66 bits per heavy atom. The first-order valence-corrected chi connectivity index (χ1v) is 10.2. The summed E-state index contributed by atoms with van der Waals surface area (Å²) < 4.78 is 21.7. The zero-order valence-electron chi connectivity index (χ0n) is 17.7. The monoisotopic (exact) mass is 435 g/mol. The zero-order valence-corrected chi connectivity index (χ0v) is 17.7. The second kappa shape index (κ2) is 9.01. The summed E-state index contributed by atoms with van der Waals surface area (Å²) in [4.78, 5) is 30.0. The molecular weight excluding hydrogens is 413 g/mol. The summed E-state index contributed by atoms with van der Waals surface area (Å²) in [6.07, 6.45) is 1.52. The number of rotatable bonds is 7. The van der Waals surface area contributed by atoms with Gasteiger partial charge in [0.05, 0.1) is 24.2 Å². The molecule has 0 bridgehead atoms. The van der Waals surface area contributed by atoms with E-state index in [4.69, 9.17) is 4.74 Å². The molecule has 0 fully saturated rings. The number of anilines is 1. The fraction of sp³-hybridized carbons (Fsp3) is 0.217. The molecule has 1 N–H and O–H groups in total. The summed E-state index contributed by atoms with van der Waals surface area (Å²) >= 11 is 0. The largest absolute Gasteiger partial charge is 0.492 e. The Hall–Kier alpha value is -4.01. The van der Waals surface area contributed by atoms with E-state index in [0.717, 1.165) is 0 Å².